The zero-order chi connectivity index (χ0) is 21.4. The first-order valence-corrected chi connectivity index (χ1v) is 11.0. The number of carbonyl (C=O) groups is 2. The average molecular weight is 424 g/mol. The molecular formula is C24H25FN2O4. The average Bonchev–Trinajstić information content (AvgIpc) is 3.33. The van der Waals surface area contributed by atoms with Gasteiger partial charge in [-0.1, -0.05) is 6.42 Å². The van der Waals surface area contributed by atoms with Gasteiger partial charge in [-0.05, 0) is 55.9 Å². The first kappa shape index (κ1) is 20.0. The van der Waals surface area contributed by atoms with Gasteiger partial charge in [0, 0.05) is 36.7 Å². The van der Waals surface area contributed by atoms with Crippen molar-refractivity contribution < 1.29 is 23.5 Å². The molecule has 0 N–H and O–H groups in total. The van der Waals surface area contributed by atoms with E-state index >= 15 is 0 Å². The quantitative estimate of drug-likeness (QED) is 0.718. The molecule has 6 nitrogen and oxygen atoms in total. The van der Waals surface area contributed by atoms with Gasteiger partial charge in [0.1, 0.15) is 17.7 Å². The van der Waals surface area contributed by atoms with E-state index in [-0.39, 0.29) is 17.8 Å². The molecule has 31 heavy (non-hydrogen) atoms. The highest BCUT2D eigenvalue weighted by atomic mass is 19.1. The number of ketones is 1. The van der Waals surface area contributed by atoms with Crippen molar-refractivity contribution in [2.24, 2.45) is 0 Å². The smallest absolute Gasteiger partial charge is 0.268 e. The molecule has 3 aliphatic rings. The number of halogens is 1. The van der Waals surface area contributed by atoms with Gasteiger partial charge in [-0.2, -0.15) is 0 Å². The van der Waals surface area contributed by atoms with Gasteiger partial charge < -0.3 is 14.4 Å². The Balaban J connectivity index is 1.24. The van der Waals surface area contributed by atoms with Crippen molar-refractivity contribution in [2.75, 3.05) is 11.4 Å². The molecule has 2 heterocycles. The summed E-state index contributed by atoms with van der Waals surface area (Å²) in [7, 11) is 0. The van der Waals surface area contributed by atoms with E-state index < -0.39 is 11.9 Å². The number of hydrogen-bond acceptors (Lipinski definition) is 5. The number of benzene rings is 1. The van der Waals surface area contributed by atoms with Gasteiger partial charge in [0.2, 0.25) is 5.88 Å². The van der Waals surface area contributed by atoms with Crippen LogP contribution in [-0.2, 0) is 11.2 Å². The summed E-state index contributed by atoms with van der Waals surface area (Å²) >= 11 is 0. The summed E-state index contributed by atoms with van der Waals surface area (Å²) in [5.74, 6) is 0.320. The van der Waals surface area contributed by atoms with E-state index in [0.29, 0.717) is 54.3 Å². The minimum absolute atomic E-state index is 0.0724. The SMILES string of the molecule is O=C1CCc2c(F)cc(N3CC[C@@H](Oc4ccc(OC5CCCCC5)nc4)C3=O)cc21. The van der Waals surface area contributed by atoms with Crippen LogP contribution in [0.2, 0.25) is 0 Å². The third-order valence-corrected chi connectivity index (χ3v) is 6.38. The summed E-state index contributed by atoms with van der Waals surface area (Å²) in [5.41, 5.74) is 1.26. The third-order valence-electron chi connectivity index (χ3n) is 6.38. The number of carbonyl (C=O) groups excluding carboxylic acids is 2. The molecule has 162 valence electrons. The highest BCUT2D eigenvalue weighted by Crippen LogP contribution is 2.32. The van der Waals surface area contributed by atoms with Crippen LogP contribution in [-0.4, -0.2) is 35.4 Å². The Bertz CT molecular complexity index is 1000. The summed E-state index contributed by atoms with van der Waals surface area (Å²) < 4.78 is 26.2. The van der Waals surface area contributed by atoms with Gasteiger partial charge in [0.05, 0.1) is 6.20 Å². The second-order valence-corrected chi connectivity index (χ2v) is 8.47. The molecule has 7 heteroatoms. The van der Waals surface area contributed by atoms with E-state index in [0.717, 1.165) is 12.8 Å². The van der Waals surface area contributed by atoms with Gasteiger partial charge in [0.15, 0.2) is 11.9 Å². The fraction of sp³-hybridized carbons (Fsp3) is 0.458. The number of hydrogen-bond donors (Lipinski definition) is 0. The Hall–Kier alpha value is -2.96. The Morgan fingerprint density at radius 1 is 1.00 bits per heavy atom. The van der Waals surface area contributed by atoms with E-state index in [2.05, 4.69) is 4.98 Å². The van der Waals surface area contributed by atoms with Crippen LogP contribution in [0.25, 0.3) is 0 Å². The maximum absolute atomic E-state index is 14.4. The number of aromatic nitrogens is 1. The van der Waals surface area contributed by atoms with Gasteiger partial charge in [-0.3, -0.25) is 9.59 Å². The van der Waals surface area contributed by atoms with Crippen LogP contribution in [0.4, 0.5) is 10.1 Å². The summed E-state index contributed by atoms with van der Waals surface area (Å²) in [4.78, 5) is 30.7. The summed E-state index contributed by atoms with van der Waals surface area (Å²) in [6.07, 6.45) is 8.10. The molecule has 0 bridgehead atoms. The van der Waals surface area contributed by atoms with Crippen LogP contribution in [0.15, 0.2) is 30.5 Å². The summed E-state index contributed by atoms with van der Waals surface area (Å²) in [6.45, 7) is 0.409. The highest BCUT2D eigenvalue weighted by molar-refractivity contribution is 6.04. The third kappa shape index (κ3) is 4.01. The Morgan fingerprint density at radius 2 is 1.84 bits per heavy atom. The van der Waals surface area contributed by atoms with Crippen LogP contribution in [0.1, 0.15) is 60.9 Å². The van der Waals surface area contributed by atoms with Crippen LogP contribution in [0.5, 0.6) is 11.6 Å². The Kier molecular flexibility index (Phi) is 5.34. The van der Waals surface area contributed by atoms with E-state index in [1.54, 1.807) is 24.4 Å². The predicted molar refractivity (Wildman–Crippen MR) is 112 cm³/mol. The molecule has 0 radical (unpaired) electrons. The van der Waals surface area contributed by atoms with E-state index in [1.165, 1.54) is 30.2 Å². The lowest BCUT2D eigenvalue weighted by Crippen LogP contribution is -2.32. The fourth-order valence-corrected chi connectivity index (χ4v) is 4.70. The molecule has 5 rings (SSSR count). The fourth-order valence-electron chi connectivity index (χ4n) is 4.70. The molecule has 2 aliphatic carbocycles. The summed E-state index contributed by atoms with van der Waals surface area (Å²) in [5, 5.41) is 0. The van der Waals surface area contributed by atoms with Crippen molar-refractivity contribution in [3.63, 3.8) is 0 Å². The largest absolute Gasteiger partial charge is 0.479 e. The lowest BCUT2D eigenvalue weighted by Gasteiger charge is -2.22. The van der Waals surface area contributed by atoms with Gasteiger partial charge in [-0.25, -0.2) is 9.37 Å². The van der Waals surface area contributed by atoms with Crippen LogP contribution < -0.4 is 14.4 Å². The molecular weight excluding hydrogens is 399 g/mol. The standard InChI is InChI=1S/C24H25FN2O4/c25-20-13-15(12-19-18(20)7-8-21(19)28)27-11-10-22(24(27)29)30-17-6-9-23(26-14-17)31-16-4-2-1-3-5-16/h6,9,12-14,16,22H,1-5,7-8,10-11H2/t22-/m1/s1. The first-order valence-electron chi connectivity index (χ1n) is 11.0. The maximum Gasteiger partial charge on any atom is 0.268 e. The second kappa shape index (κ2) is 8.29. The molecule has 2 aromatic rings. The number of nitrogens with zero attached hydrogens (tertiary/aromatic N) is 2. The maximum atomic E-state index is 14.4. The van der Waals surface area contributed by atoms with E-state index in [1.807, 2.05) is 0 Å². The number of Topliss-reactive ketones (excluding diaryl/α,β-unsaturated/α-hetero) is 1. The van der Waals surface area contributed by atoms with Crippen molar-refractivity contribution in [3.05, 3.63) is 47.4 Å². The molecule has 1 saturated carbocycles. The van der Waals surface area contributed by atoms with Crippen LogP contribution >= 0.6 is 0 Å². The molecule has 1 amide bonds. The molecule has 1 saturated heterocycles. The highest BCUT2D eigenvalue weighted by Gasteiger charge is 2.36. The first-order chi connectivity index (χ1) is 15.1. The number of amides is 1. The number of anilines is 1. The lowest BCUT2D eigenvalue weighted by atomic mass is 9.98. The zero-order valence-corrected chi connectivity index (χ0v) is 17.3. The van der Waals surface area contributed by atoms with Crippen molar-refractivity contribution >= 4 is 17.4 Å². The molecule has 1 aromatic heterocycles. The zero-order valence-electron chi connectivity index (χ0n) is 17.3. The normalized spacial score (nSPS) is 21.5. The monoisotopic (exact) mass is 424 g/mol. The van der Waals surface area contributed by atoms with Gasteiger partial charge in [-0.15, -0.1) is 0 Å². The number of fused-ring (bicyclic) bond motifs is 1. The van der Waals surface area contributed by atoms with Gasteiger partial charge >= 0.3 is 0 Å². The van der Waals surface area contributed by atoms with E-state index in [9.17, 15) is 14.0 Å². The molecule has 0 spiro atoms. The van der Waals surface area contributed by atoms with Crippen molar-refractivity contribution in [3.8, 4) is 11.6 Å². The van der Waals surface area contributed by atoms with Crippen molar-refractivity contribution in [1.29, 1.82) is 0 Å². The predicted octanol–water partition coefficient (Wildman–Crippen LogP) is 4.25. The number of rotatable bonds is 5. The number of pyridine rings is 1. The second-order valence-electron chi connectivity index (χ2n) is 8.47. The van der Waals surface area contributed by atoms with Gasteiger partial charge in [0.25, 0.3) is 5.91 Å². The van der Waals surface area contributed by atoms with Crippen molar-refractivity contribution in [1.82, 2.24) is 4.98 Å². The molecule has 0 unspecified atom stereocenters. The minimum Gasteiger partial charge on any atom is -0.479 e. The minimum atomic E-state index is -0.668. The lowest BCUT2D eigenvalue weighted by molar-refractivity contribution is -0.122. The molecule has 1 atom stereocenters. The van der Waals surface area contributed by atoms with E-state index in [4.69, 9.17) is 9.47 Å². The Labute approximate surface area is 180 Å². The number of ether oxygens (including phenoxy) is 2. The van der Waals surface area contributed by atoms with Crippen LogP contribution in [0.3, 0.4) is 0 Å². The Morgan fingerprint density at radius 3 is 2.61 bits per heavy atom. The molecule has 1 aromatic carbocycles. The molecule has 2 fully saturated rings. The topological polar surface area (TPSA) is 68.7 Å². The van der Waals surface area contributed by atoms with Crippen molar-refractivity contribution in [2.45, 2.75) is 63.6 Å². The summed E-state index contributed by atoms with van der Waals surface area (Å²) in [6, 6.07) is 6.50. The van der Waals surface area contributed by atoms with Crippen LogP contribution in [0, 0.1) is 5.82 Å². The molecule has 1 aliphatic heterocycles.